The summed E-state index contributed by atoms with van der Waals surface area (Å²) < 4.78 is 13.6. The summed E-state index contributed by atoms with van der Waals surface area (Å²) in [5.74, 6) is 0.220. The van der Waals surface area contributed by atoms with Crippen LogP contribution in [0.1, 0.15) is 31.7 Å². The Morgan fingerprint density at radius 1 is 1.36 bits per heavy atom. The fourth-order valence-electron chi connectivity index (χ4n) is 2.32. The molecule has 1 aromatic rings. The van der Waals surface area contributed by atoms with Gasteiger partial charge in [0.05, 0.1) is 0 Å². The topological polar surface area (TPSA) is 12.0 Å². The van der Waals surface area contributed by atoms with E-state index in [4.69, 9.17) is 0 Å². The summed E-state index contributed by atoms with van der Waals surface area (Å²) in [5, 5.41) is 3.40. The van der Waals surface area contributed by atoms with Crippen LogP contribution in [-0.2, 0) is 0 Å². The van der Waals surface area contributed by atoms with Crippen LogP contribution in [0.5, 0.6) is 0 Å². The monoisotopic (exact) mass is 193 g/mol. The van der Waals surface area contributed by atoms with Gasteiger partial charge in [-0.05, 0) is 38.4 Å². The molecular weight excluding hydrogens is 177 g/mol. The van der Waals surface area contributed by atoms with E-state index in [1.165, 1.54) is 0 Å². The van der Waals surface area contributed by atoms with Gasteiger partial charge < -0.3 is 5.32 Å². The van der Waals surface area contributed by atoms with Crippen LogP contribution in [0.4, 0.5) is 4.39 Å². The van der Waals surface area contributed by atoms with E-state index in [-0.39, 0.29) is 11.4 Å². The van der Waals surface area contributed by atoms with Gasteiger partial charge in [0.15, 0.2) is 0 Å². The Balaban J connectivity index is 2.36. The van der Waals surface area contributed by atoms with Gasteiger partial charge in [0, 0.05) is 11.5 Å². The van der Waals surface area contributed by atoms with E-state index in [2.05, 4.69) is 19.2 Å². The molecule has 76 valence electrons. The van der Waals surface area contributed by atoms with Crippen molar-refractivity contribution in [2.45, 2.75) is 31.7 Å². The van der Waals surface area contributed by atoms with Crippen LogP contribution >= 0.6 is 0 Å². The number of halogens is 1. The minimum atomic E-state index is -0.0747. The van der Waals surface area contributed by atoms with E-state index in [0.717, 1.165) is 18.5 Å². The molecule has 1 atom stereocenters. The third-order valence-electron chi connectivity index (χ3n) is 3.17. The maximum Gasteiger partial charge on any atom is 0.126 e. The number of nitrogens with one attached hydrogen (secondary N) is 1. The Kier molecular flexibility index (Phi) is 2.31. The predicted molar refractivity (Wildman–Crippen MR) is 55.8 cm³/mol. The van der Waals surface area contributed by atoms with Gasteiger partial charge in [-0.15, -0.1) is 0 Å². The van der Waals surface area contributed by atoms with Gasteiger partial charge in [-0.1, -0.05) is 18.2 Å². The van der Waals surface area contributed by atoms with Gasteiger partial charge >= 0.3 is 0 Å². The molecule has 0 bridgehead atoms. The highest BCUT2D eigenvalue weighted by atomic mass is 19.1. The van der Waals surface area contributed by atoms with Crippen molar-refractivity contribution in [3.05, 3.63) is 35.6 Å². The fourth-order valence-corrected chi connectivity index (χ4v) is 2.32. The molecule has 0 saturated carbocycles. The molecule has 1 nitrogen and oxygen atoms in total. The Bertz CT molecular complexity index is 333. The average molecular weight is 193 g/mol. The summed E-state index contributed by atoms with van der Waals surface area (Å²) in [7, 11) is 0. The number of hydrogen-bond donors (Lipinski definition) is 1. The first kappa shape index (κ1) is 9.66. The molecule has 1 aromatic carbocycles. The lowest BCUT2D eigenvalue weighted by Gasteiger charge is -2.27. The molecule has 14 heavy (non-hydrogen) atoms. The predicted octanol–water partition coefficient (Wildman–Crippen LogP) is 2.68. The lowest BCUT2D eigenvalue weighted by Crippen LogP contribution is -2.37. The molecule has 0 amide bonds. The zero-order valence-electron chi connectivity index (χ0n) is 8.68. The highest BCUT2D eigenvalue weighted by molar-refractivity contribution is 5.26. The summed E-state index contributed by atoms with van der Waals surface area (Å²) in [4.78, 5) is 0. The van der Waals surface area contributed by atoms with Crippen molar-refractivity contribution in [3.63, 3.8) is 0 Å². The minimum absolute atomic E-state index is 0.0161. The molecule has 1 unspecified atom stereocenters. The van der Waals surface area contributed by atoms with Crippen LogP contribution in [0.25, 0.3) is 0 Å². The van der Waals surface area contributed by atoms with E-state index in [1.54, 1.807) is 12.1 Å². The quantitative estimate of drug-likeness (QED) is 0.723. The van der Waals surface area contributed by atoms with Crippen molar-refractivity contribution in [2.75, 3.05) is 6.54 Å². The first-order valence-corrected chi connectivity index (χ1v) is 5.11. The summed E-state index contributed by atoms with van der Waals surface area (Å²) in [5.41, 5.74) is 0.866. The maximum atomic E-state index is 13.6. The molecule has 2 heteroatoms. The third kappa shape index (κ3) is 1.55. The molecular formula is C12H16FN. The van der Waals surface area contributed by atoms with Crippen LogP contribution in [-0.4, -0.2) is 12.1 Å². The van der Waals surface area contributed by atoms with Gasteiger partial charge in [0.1, 0.15) is 5.82 Å². The second-order valence-corrected chi connectivity index (χ2v) is 4.51. The zero-order valence-corrected chi connectivity index (χ0v) is 8.68. The van der Waals surface area contributed by atoms with Crippen LogP contribution in [0, 0.1) is 5.82 Å². The van der Waals surface area contributed by atoms with Crippen molar-refractivity contribution in [3.8, 4) is 0 Å². The standard InChI is InChI=1S/C12H16FN/c1-12(2)10(7-8-14-12)9-5-3-4-6-11(9)13/h3-6,10,14H,7-8H2,1-2H3. The first-order chi connectivity index (χ1) is 6.61. The highest BCUT2D eigenvalue weighted by Gasteiger charge is 2.36. The number of rotatable bonds is 1. The van der Waals surface area contributed by atoms with Crippen molar-refractivity contribution in [2.24, 2.45) is 0 Å². The maximum absolute atomic E-state index is 13.6. The summed E-state index contributed by atoms with van der Waals surface area (Å²) in [6, 6.07) is 7.10. The fraction of sp³-hybridized carbons (Fsp3) is 0.500. The van der Waals surface area contributed by atoms with Crippen molar-refractivity contribution in [1.29, 1.82) is 0 Å². The molecule has 1 N–H and O–H groups in total. The smallest absolute Gasteiger partial charge is 0.126 e. The minimum Gasteiger partial charge on any atom is -0.311 e. The molecule has 0 aromatic heterocycles. The normalized spacial score (nSPS) is 25.2. The second-order valence-electron chi connectivity index (χ2n) is 4.51. The van der Waals surface area contributed by atoms with E-state index in [0.29, 0.717) is 5.92 Å². The second kappa shape index (κ2) is 3.35. The van der Waals surface area contributed by atoms with Gasteiger partial charge in [0.2, 0.25) is 0 Å². The van der Waals surface area contributed by atoms with Crippen molar-refractivity contribution >= 4 is 0 Å². The van der Waals surface area contributed by atoms with Crippen molar-refractivity contribution in [1.82, 2.24) is 5.32 Å². The molecule has 1 fully saturated rings. The van der Waals surface area contributed by atoms with Crippen LogP contribution in [0.3, 0.4) is 0 Å². The SMILES string of the molecule is CC1(C)NCCC1c1ccccc1F. The lowest BCUT2D eigenvalue weighted by molar-refractivity contribution is 0.400. The molecule has 0 aliphatic carbocycles. The number of hydrogen-bond acceptors (Lipinski definition) is 1. The molecule has 1 saturated heterocycles. The molecule has 2 rings (SSSR count). The lowest BCUT2D eigenvalue weighted by atomic mass is 9.83. The van der Waals surface area contributed by atoms with Crippen LogP contribution < -0.4 is 5.32 Å². The molecule has 1 heterocycles. The van der Waals surface area contributed by atoms with E-state index >= 15 is 0 Å². The van der Waals surface area contributed by atoms with Gasteiger partial charge in [-0.3, -0.25) is 0 Å². The van der Waals surface area contributed by atoms with Crippen molar-refractivity contribution < 1.29 is 4.39 Å². The average Bonchev–Trinajstić information content (AvgIpc) is 2.46. The molecule has 0 radical (unpaired) electrons. The summed E-state index contributed by atoms with van der Waals surface area (Å²) in [6.45, 7) is 5.25. The van der Waals surface area contributed by atoms with Gasteiger partial charge in [-0.2, -0.15) is 0 Å². The molecule has 1 aliphatic heterocycles. The Morgan fingerprint density at radius 3 is 2.64 bits per heavy atom. The Labute approximate surface area is 84.3 Å². The van der Waals surface area contributed by atoms with E-state index < -0.39 is 0 Å². The van der Waals surface area contributed by atoms with E-state index in [1.807, 2.05) is 12.1 Å². The Hall–Kier alpha value is -0.890. The summed E-state index contributed by atoms with van der Waals surface area (Å²) in [6.07, 6.45) is 1.02. The Morgan fingerprint density at radius 2 is 2.07 bits per heavy atom. The van der Waals surface area contributed by atoms with Crippen LogP contribution in [0.15, 0.2) is 24.3 Å². The zero-order chi connectivity index (χ0) is 10.2. The van der Waals surface area contributed by atoms with Crippen LogP contribution in [0.2, 0.25) is 0 Å². The van der Waals surface area contributed by atoms with Gasteiger partial charge in [0.25, 0.3) is 0 Å². The van der Waals surface area contributed by atoms with E-state index in [9.17, 15) is 4.39 Å². The molecule has 0 spiro atoms. The summed E-state index contributed by atoms with van der Waals surface area (Å²) >= 11 is 0. The first-order valence-electron chi connectivity index (χ1n) is 5.11. The van der Waals surface area contributed by atoms with Gasteiger partial charge in [-0.25, -0.2) is 4.39 Å². The molecule has 1 aliphatic rings. The third-order valence-corrected chi connectivity index (χ3v) is 3.17. The number of benzene rings is 1. The highest BCUT2D eigenvalue weighted by Crippen LogP contribution is 2.36. The largest absolute Gasteiger partial charge is 0.311 e.